The Morgan fingerprint density at radius 2 is 1.86 bits per heavy atom. The van der Waals surface area contributed by atoms with Crippen LogP contribution in [0.5, 0.6) is 17.2 Å². The van der Waals surface area contributed by atoms with Crippen molar-refractivity contribution in [2.75, 3.05) is 21.3 Å². The van der Waals surface area contributed by atoms with Gasteiger partial charge >= 0.3 is 5.69 Å². The van der Waals surface area contributed by atoms with Crippen molar-refractivity contribution in [2.45, 2.75) is 5.09 Å². The molecule has 0 fully saturated rings. The second kappa shape index (κ2) is 8.78. The van der Waals surface area contributed by atoms with Crippen molar-refractivity contribution < 1.29 is 42.0 Å². The lowest BCUT2D eigenvalue weighted by Crippen LogP contribution is -2.19. The number of nitro benzene ring substituents is 1. The summed E-state index contributed by atoms with van der Waals surface area (Å²) in [5, 5.41) is 14.6. The normalized spacial score (nSPS) is 11.9. The van der Waals surface area contributed by atoms with Gasteiger partial charge in [-0.1, -0.05) is 0 Å². The van der Waals surface area contributed by atoms with Crippen molar-refractivity contribution in [3.05, 3.63) is 39.6 Å². The van der Waals surface area contributed by atoms with Gasteiger partial charge in [0.05, 0.1) is 32.5 Å². The van der Waals surface area contributed by atoms with E-state index >= 15 is 0 Å². The summed E-state index contributed by atoms with van der Waals surface area (Å²) in [5.74, 6) is -1.35. The molecule has 1 aromatic carbocycles. The summed E-state index contributed by atoms with van der Waals surface area (Å²) in [4.78, 5) is 23.1. The lowest BCUT2D eigenvalue weighted by atomic mass is 10.1. The SMILES string of the molecule is COc1cc(C(=O)N/N=C\c2ccc(S(O)(O)O)o2)c([N+](=O)[O-])c(OC)c1OC. The number of ether oxygens (including phenoxy) is 3. The summed E-state index contributed by atoms with van der Waals surface area (Å²) < 4.78 is 47.3. The third kappa shape index (κ3) is 4.75. The summed E-state index contributed by atoms with van der Waals surface area (Å²) >= 11 is 0. The fourth-order valence-corrected chi connectivity index (χ4v) is 2.72. The number of nitrogens with zero attached hydrogens (tertiary/aromatic N) is 2. The quantitative estimate of drug-likeness (QED) is 0.275. The minimum atomic E-state index is -4.03. The van der Waals surface area contributed by atoms with Gasteiger partial charge in [0.25, 0.3) is 5.91 Å². The zero-order valence-corrected chi connectivity index (χ0v) is 16.1. The molecule has 0 atom stereocenters. The molecule has 0 spiro atoms. The zero-order chi connectivity index (χ0) is 21.8. The van der Waals surface area contributed by atoms with E-state index in [4.69, 9.17) is 32.3 Å². The van der Waals surface area contributed by atoms with Crippen molar-refractivity contribution in [3.8, 4) is 17.2 Å². The first-order valence-electron chi connectivity index (χ1n) is 7.55. The van der Waals surface area contributed by atoms with Crippen LogP contribution in [-0.2, 0) is 0 Å². The molecule has 1 amide bonds. The highest BCUT2D eigenvalue weighted by atomic mass is 32.3. The maximum Gasteiger partial charge on any atom is 0.327 e. The van der Waals surface area contributed by atoms with Crippen LogP contribution in [-0.4, -0.2) is 52.0 Å². The number of nitrogens with one attached hydrogen (secondary N) is 1. The highest BCUT2D eigenvalue weighted by Gasteiger charge is 2.32. The molecule has 0 unspecified atom stereocenters. The lowest BCUT2D eigenvalue weighted by molar-refractivity contribution is -0.386. The number of carbonyl (C=O) groups excluding carboxylic acids is 1. The molecular formula is C15H17N3O10S. The molecule has 0 aliphatic rings. The molecule has 0 saturated heterocycles. The van der Waals surface area contributed by atoms with Crippen LogP contribution in [0.3, 0.4) is 0 Å². The average Bonchev–Trinajstić information content (AvgIpc) is 3.15. The molecule has 0 aliphatic heterocycles. The van der Waals surface area contributed by atoms with Crippen LogP contribution in [0, 0.1) is 10.1 Å². The largest absolute Gasteiger partial charge is 0.493 e. The van der Waals surface area contributed by atoms with Crippen LogP contribution in [0.4, 0.5) is 5.69 Å². The van der Waals surface area contributed by atoms with Crippen LogP contribution < -0.4 is 19.6 Å². The maximum atomic E-state index is 12.4. The summed E-state index contributed by atoms with van der Waals surface area (Å²) in [6, 6.07) is 3.44. The van der Waals surface area contributed by atoms with Crippen LogP contribution in [0.25, 0.3) is 0 Å². The molecule has 2 rings (SSSR count). The number of hydrazone groups is 1. The number of hydrogen-bond acceptors (Lipinski definition) is 11. The Kier molecular flexibility index (Phi) is 6.65. The second-order valence-corrected chi connectivity index (χ2v) is 6.61. The van der Waals surface area contributed by atoms with Crippen molar-refractivity contribution in [3.63, 3.8) is 0 Å². The van der Waals surface area contributed by atoms with Gasteiger partial charge in [-0.3, -0.25) is 14.9 Å². The molecule has 4 N–H and O–H groups in total. The molecule has 2 aromatic rings. The van der Waals surface area contributed by atoms with E-state index in [9.17, 15) is 14.9 Å². The molecule has 29 heavy (non-hydrogen) atoms. The standard InChI is InChI=1S/C15H17N3O10S/c1-25-10-6-9(12(18(20)21)14(27-3)13(10)26-2)15(19)17-16-7-8-4-5-11(28-8)29(22,23)24/h4-7,22-24H,1-3H3,(H,17,19)/b16-7-. The predicted molar refractivity (Wildman–Crippen MR) is 100 cm³/mol. The molecule has 13 nitrogen and oxygen atoms in total. The van der Waals surface area contributed by atoms with Crippen LogP contribution in [0.1, 0.15) is 16.1 Å². The number of furan rings is 1. The Labute approximate surface area is 165 Å². The maximum absolute atomic E-state index is 12.4. The zero-order valence-electron chi connectivity index (χ0n) is 15.3. The van der Waals surface area contributed by atoms with E-state index < -0.39 is 38.0 Å². The Morgan fingerprint density at radius 1 is 1.21 bits per heavy atom. The van der Waals surface area contributed by atoms with E-state index in [2.05, 4.69) is 10.5 Å². The van der Waals surface area contributed by atoms with E-state index in [-0.39, 0.29) is 23.0 Å². The average molecular weight is 431 g/mol. The summed E-state index contributed by atoms with van der Waals surface area (Å²) in [7, 11) is -0.325. The van der Waals surface area contributed by atoms with Gasteiger partial charge in [-0.25, -0.2) is 5.43 Å². The van der Waals surface area contributed by atoms with Gasteiger partial charge in [-0.2, -0.15) is 5.10 Å². The summed E-state index contributed by atoms with van der Waals surface area (Å²) in [6.45, 7) is 0. The fourth-order valence-electron chi connectivity index (χ4n) is 2.26. The van der Waals surface area contributed by atoms with Crippen molar-refractivity contribution in [1.29, 1.82) is 0 Å². The Balaban J connectivity index is 2.34. The Hall–Kier alpha value is -3.33. The predicted octanol–water partition coefficient (Wildman–Crippen LogP) is 2.56. The molecule has 0 saturated carbocycles. The fraction of sp³-hybridized carbons (Fsp3) is 0.200. The third-order valence-electron chi connectivity index (χ3n) is 3.46. The topological polar surface area (TPSA) is 186 Å². The Bertz CT molecular complexity index is 951. The van der Waals surface area contributed by atoms with Crippen molar-refractivity contribution in [2.24, 2.45) is 5.10 Å². The monoisotopic (exact) mass is 431 g/mol. The molecule has 0 bridgehead atoms. The number of nitro groups is 1. The molecule has 0 radical (unpaired) electrons. The van der Waals surface area contributed by atoms with Gasteiger partial charge in [-0.05, 0) is 12.1 Å². The number of carbonyl (C=O) groups is 1. The van der Waals surface area contributed by atoms with Crippen LogP contribution in [0.15, 0.2) is 32.8 Å². The van der Waals surface area contributed by atoms with Gasteiger partial charge < -0.3 is 32.3 Å². The first-order chi connectivity index (χ1) is 13.6. The minimum Gasteiger partial charge on any atom is -0.493 e. The Morgan fingerprint density at radius 3 is 2.34 bits per heavy atom. The van der Waals surface area contributed by atoms with Gasteiger partial charge in [0.1, 0.15) is 22.2 Å². The van der Waals surface area contributed by atoms with Gasteiger partial charge in [0.2, 0.25) is 16.6 Å². The molecule has 158 valence electrons. The van der Waals surface area contributed by atoms with E-state index in [0.717, 1.165) is 18.3 Å². The van der Waals surface area contributed by atoms with E-state index in [1.165, 1.54) is 27.4 Å². The number of hydrogen-bond donors (Lipinski definition) is 4. The molecule has 14 heteroatoms. The minimum absolute atomic E-state index is 0.0212. The van der Waals surface area contributed by atoms with Crippen molar-refractivity contribution in [1.82, 2.24) is 5.43 Å². The van der Waals surface area contributed by atoms with Gasteiger partial charge in [0, 0.05) is 6.07 Å². The smallest absolute Gasteiger partial charge is 0.327 e. The summed E-state index contributed by atoms with van der Waals surface area (Å²) in [5.41, 5.74) is 0.994. The molecule has 1 aromatic heterocycles. The highest BCUT2D eigenvalue weighted by Crippen LogP contribution is 2.46. The van der Waals surface area contributed by atoms with Crippen LogP contribution in [0.2, 0.25) is 0 Å². The van der Waals surface area contributed by atoms with Crippen LogP contribution >= 0.6 is 10.9 Å². The lowest BCUT2D eigenvalue weighted by Gasteiger charge is -2.14. The number of amides is 1. The second-order valence-electron chi connectivity index (χ2n) is 5.17. The number of benzene rings is 1. The molecular weight excluding hydrogens is 414 g/mol. The first kappa shape index (κ1) is 22.0. The van der Waals surface area contributed by atoms with E-state index in [0.29, 0.717) is 0 Å². The highest BCUT2D eigenvalue weighted by molar-refractivity contribution is 8.19. The summed E-state index contributed by atoms with van der Waals surface area (Å²) in [6.07, 6.45) is 0.983. The van der Waals surface area contributed by atoms with Gasteiger partial charge in [0.15, 0.2) is 5.75 Å². The molecule has 0 aliphatic carbocycles. The molecule has 1 heterocycles. The third-order valence-corrected chi connectivity index (χ3v) is 4.22. The van der Waals surface area contributed by atoms with Gasteiger partial charge in [-0.15, -0.1) is 0 Å². The van der Waals surface area contributed by atoms with E-state index in [1.807, 2.05) is 0 Å². The number of rotatable bonds is 8. The first-order valence-corrected chi connectivity index (χ1v) is 9.05. The van der Waals surface area contributed by atoms with E-state index in [1.54, 1.807) is 0 Å². The van der Waals surface area contributed by atoms with Crippen molar-refractivity contribution >= 4 is 28.7 Å². The number of methoxy groups -OCH3 is 3.